The van der Waals surface area contributed by atoms with Crippen LogP contribution >= 0.6 is 0 Å². The molecule has 178 valence electrons. The van der Waals surface area contributed by atoms with Crippen molar-refractivity contribution in [1.82, 2.24) is 0 Å². The lowest BCUT2D eigenvalue weighted by Crippen LogP contribution is -2.32. The van der Waals surface area contributed by atoms with Crippen molar-refractivity contribution in [2.75, 3.05) is 13.7 Å². The number of carbonyl (C=O) groups is 1. The van der Waals surface area contributed by atoms with Crippen molar-refractivity contribution in [3.05, 3.63) is 76.6 Å². The molecule has 3 rings (SSSR count). The van der Waals surface area contributed by atoms with Crippen LogP contribution in [0.25, 0.3) is 0 Å². The first kappa shape index (κ1) is 24.7. The number of carboxylic acids is 1. The number of carboxylic acid groups (broad SMARTS) is 1. The number of hydrogen-bond acceptors (Lipinski definition) is 4. The summed E-state index contributed by atoms with van der Waals surface area (Å²) in [5.74, 6) is -11.5. The molecule has 1 fully saturated rings. The zero-order chi connectivity index (χ0) is 24.1. The third-order valence-electron chi connectivity index (χ3n) is 5.22. The van der Waals surface area contributed by atoms with Crippen LogP contribution in [0.5, 0.6) is 5.75 Å². The van der Waals surface area contributed by atoms with Crippen molar-refractivity contribution in [3.8, 4) is 5.75 Å². The summed E-state index contributed by atoms with van der Waals surface area (Å²) >= 11 is 0. The van der Waals surface area contributed by atoms with Gasteiger partial charge in [0.2, 0.25) is 5.82 Å². The van der Waals surface area contributed by atoms with Crippen LogP contribution in [0.1, 0.15) is 42.8 Å². The molecule has 33 heavy (non-hydrogen) atoms. The van der Waals surface area contributed by atoms with Gasteiger partial charge >= 0.3 is 5.97 Å². The SMILES string of the molecule is COc1ccccc1[C@H]1O[C@@H](c2c(F)c(F)c(F)c(F)c2F)OC[C@H]1C/C=C\CCC(=O)O. The first-order valence-corrected chi connectivity index (χ1v) is 10.0. The Balaban J connectivity index is 1.93. The fourth-order valence-corrected chi connectivity index (χ4v) is 3.58. The Morgan fingerprint density at radius 3 is 2.33 bits per heavy atom. The summed E-state index contributed by atoms with van der Waals surface area (Å²) in [6.45, 7) is -0.129. The molecule has 0 unspecified atom stereocenters. The highest BCUT2D eigenvalue weighted by molar-refractivity contribution is 5.66. The average molecular weight is 472 g/mol. The number of hydrogen-bond donors (Lipinski definition) is 1. The van der Waals surface area contributed by atoms with E-state index in [0.717, 1.165) is 0 Å². The molecule has 0 aromatic heterocycles. The molecule has 1 saturated heterocycles. The highest BCUT2D eigenvalue weighted by atomic mass is 19.2. The number of methoxy groups -OCH3 is 1. The lowest BCUT2D eigenvalue weighted by Gasteiger charge is -2.37. The zero-order valence-corrected chi connectivity index (χ0v) is 17.5. The normalized spacial score (nSPS) is 20.8. The molecule has 5 nitrogen and oxygen atoms in total. The first-order chi connectivity index (χ1) is 15.8. The number of ether oxygens (including phenoxy) is 3. The molecular formula is C23H21F5O5. The predicted octanol–water partition coefficient (Wildman–Crippen LogP) is 5.60. The average Bonchev–Trinajstić information content (AvgIpc) is 2.81. The molecule has 1 N–H and O–H groups in total. The second-order valence-electron chi connectivity index (χ2n) is 7.35. The van der Waals surface area contributed by atoms with Gasteiger partial charge in [-0.15, -0.1) is 0 Å². The third kappa shape index (κ3) is 5.33. The van der Waals surface area contributed by atoms with Gasteiger partial charge in [0, 0.05) is 17.9 Å². The summed E-state index contributed by atoms with van der Waals surface area (Å²) in [6, 6.07) is 6.68. The van der Waals surface area contributed by atoms with Crippen LogP contribution in [0.3, 0.4) is 0 Å². The second kappa shape index (κ2) is 10.8. The van der Waals surface area contributed by atoms with Crippen LogP contribution in [0.4, 0.5) is 22.0 Å². The number of halogens is 5. The lowest BCUT2D eigenvalue weighted by atomic mass is 9.91. The lowest BCUT2D eigenvalue weighted by molar-refractivity contribution is -0.246. The van der Waals surface area contributed by atoms with Gasteiger partial charge < -0.3 is 19.3 Å². The fraction of sp³-hybridized carbons (Fsp3) is 0.348. The van der Waals surface area contributed by atoms with Gasteiger partial charge in [-0.2, -0.15) is 0 Å². The second-order valence-corrected chi connectivity index (χ2v) is 7.35. The first-order valence-electron chi connectivity index (χ1n) is 10.0. The van der Waals surface area contributed by atoms with E-state index in [-0.39, 0.29) is 13.0 Å². The monoisotopic (exact) mass is 472 g/mol. The fourth-order valence-electron chi connectivity index (χ4n) is 3.58. The topological polar surface area (TPSA) is 65.0 Å². The summed E-state index contributed by atoms with van der Waals surface area (Å²) in [7, 11) is 1.42. The molecule has 1 aliphatic heterocycles. The zero-order valence-electron chi connectivity index (χ0n) is 17.5. The standard InChI is InChI=1S/C23H21F5O5/c1-31-14-9-6-5-8-13(14)22-12(7-3-2-4-10-15(29)30)11-32-23(33-22)16-17(24)19(26)21(28)20(27)18(16)25/h2-3,5-6,8-9,12,22-23H,4,7,10-11H2,1H3,(H,29,30)/b3-2-/t12-,22+,23+/m1/s1. The van der Waals surface area contributed by atoms with E-state index in [9.17, 15) is 26.7 Å². The highest BCUT2D eigenvalue weighted by Crippen LogP contribution is 2.44. The number of benzene rings is 2. The predicted molar refractivity (Wildman–Crippen MR) is 106 cm³/mol. The van der Waals surface area contributed by atoms with E-state index in [1.807, 2.05) is 0 Å². The van der Waals surface area contributed by atoms with Crippen molar-refractivity contribution < 1.29 is 46.1 Å². The Bertz CT molecular complexity index is 1010. The molecule has 2 aromatic carbocycles. The van der Waals surface area contributed by atoms with E-state index in [0.29, 0.717) is 24.2 Å². The molecule has 10 heteroatoms. The molecule has 0 aliphatic carbocycles. The number of rotatable bonds is 8. The Labute approximate surface area is 186 Å². The molecule has 2 aromatic rings. The summed E-state index contributed by atoms with van der Waals surface area (Å²) in [5.41, 5.74) is -0.706. The van der Waals surface area contributed by atoms with Gasteiger partial charge in [0.05, 0.1) is 25.4 Å². The van der Waals surface area contributed by atoms with Crippen molar-refractivity contribution in [1.29, 1.82) is 0 Å². The van der Waals surface area contributed by atoms with Crippen LogP contribution in [0.15, 0.2) is 36.4 Å². The van der Waals surface area contributed by atoms with Gasteiger partial charge in [0.1, 0.15) is 5.75 Å². The van der Waals surface area contributed by atoms with E-state index in [4.69, 9.17) is 19.3 Å². The molecule has 1 heterocycles. The molecule has 0 spiro atoms. The van der Waals surface area contributed by atoms with Gasteiger partial charge in [-0.05, 0) is 18.9 Å². The van der Waals surface area contributed by atoms with Crippen LogP contribution in [-0.4, -0.2) is 24.8 Å². The number of allylic oxidation sites excluding steroid dienone is 2. The summed E-state index contributed by atoms with van der Waals surface area (Å²) in [6.07, 6.45) is 1.26. The number of aliphatic carboxylic acids is 1. The quantitative estimate of drug-likeness (QED) is 0.234. The molecule has 0 amide bonds. The van der Waals surface area contributed by atoms with E-state index >= 15 is 0 Å². The minimum atomic E-state index is -2.27. The van der Waals surface area contributed by atoms with Crippen molar-refractivity contribution >= 4 is 5.97 Å². The van der Waals surface area contributed by atoms with Gasteiger partial charge in [0.25, 0.3) is 0 Å². The molecular weight excluding hydrogens is 451 g/mol. The van der Waals surface area contributed by atoms with Crippen LogP contribution < -0.4 is 4.74 Å². The van der Waals surface area contributed by atoms with Crippen LogP contribution in [0.2, 0.25) is 0 Å². The van der Waals surface area contributed by atoms with Gasteiger partial charge in [-0.25, -0.2) is 22.0 Å². The Morgan fingerprint density at radius 1 is 1.06 bits per heavy atom. The van der Waals surface area contributed by atoms with Crippen LogP contribution in [-0.2, 0) is 14.3 Å². The smallest absolute Gasteiger partial charge is 0.303 e. The van der Waals surface area contributed by atoms with E-state index < -0.39 is 58.9 Å². The highest BCUT2D eigenvalue weighted by Gasteiger charge is 2.39. The molecule has 0 saturated carbocycles. The maximum absolute atomic E-state index is 14.3. The van der Waals surface area contributed by atoms with Crippen LogP contribution in [0, 0.1) is 35.0 Å². The molecule has 0 radical (unpaired) electrons. The minimum Gasteiger partial charge on any atom is -0.496 e. The molecule has 3 atom stereocenters. The Hall–Kier alpha value is -2.98. The van der Waals surface area contributed by atoms with E-state index in [2.05, 4.69) is 0 Å². The maximum Gasteiger partial charge on any atom is 0.303 e. The van der Waals surface area contributed by atoms with Crippen molar-refractivity contribution in [3.63, 3.8) is 0 Å². The third-order valence-corrected chi connectivity index (χ3v) is 5.22. The summed E-state index contributed by atoms with van der Waals surface area (Å²) in [4.78, 5) is 10.6. The van der Waals surface area contributed by atoms with Gasteiger partial charge in [-0.1, -0.05) is 30.4 Å². The summed E-state index contributed by atoms with van der Waals surface area (Å²) < 4.78 is 86.1. The molecule has 1 aliphatic rings. The Morgan fingerprint density at radius 2 is 1.70 bits per heavy atom. The van der Waals surface area contributed by atoms with Gasteiger partial charge in [-0.3, -0.25) is 4.79 Å². The Kier molecular flexibility index (Phi) is 8.04. The van der Waals surface area contributed by atoms with Crippen molar-refractivity contribution in [2.24, 2.45) is 5.92 Å². The minimum absolute atomic E-state index is 0.0492. The van der Waals surface area contributed by atoms with Gasteiger partial charge in [0.15, 0.2) is 29.6 Å². The van der Waals surface area contributed by atoms with E-state index in [1.165, 1.54) is 7.11 Å². The summed E-state index contributed by atoms with van der Waals surface area (Å²) in [5, 5.41) is 8.72. The van der Waals surface area contributed by atoms with E-state index in [1.54, 1.807) is 36.4 Å². The number of para-hydroxylation sites is 1. The van der Waals surface area contributed by atoms with Crippen molar-refractivity contribution in [2.45, 2.75) is 31.7 Å². The molecule has 0 bridgehead atoms. The maximum atomic E-state index is 14.3. The largest absolute Gasteiger partial charge is 0.496 e.